The van der Waals surface area contributed by atoms with Gasteiger partial charge in [-0.05, 0) is 24.1 Å². The number of carbonyl (C=O) groups excluding carboxylic acids is 1. The van der Waals surface area contributed by atoms with E-state index in [9.17, 15) is 4.79 Å². The monoisotopic (exact) mass is 326 g/mol. The Labute approximate surface area is 136 Å². The number of aliphatic imine (C=N–C) groups is 1. The number of hydrogen-bond acceptors (Lipinski definition) is 3. The molecule has 0 aliphatic rings. The second kappa shape index (κ2) is 10.9. The van der Waals surface area contributed by atoms with Gasteiger partial charge in [-0.2, -0.15) is 0 Å². The van der Waals surface area contributed by atoms with Crippen molar-refractivity contribution in [2.75, 3.05) is 40.4 Å². The number of ether oxygens (including phenoxy) is 1. The van der Waals surface area contributed by atoms with Crippen LogP contribution in [0.15, 0.2) is 29.3 Å². The summed E-state index contributed by atoms with van der Waals surface area (Å²) in [6, 6.07) is 7.72. The average molecular weight is 327 g/mol. The molecule has 22 heavy (non-hydrogen) atoms. The minimum atomic E-state index is -0.0994. The maximum atomic E-state index is 11.5. The molecule has 0 unspecified atom stereocenters. The molecule has 0 radical (unpaired) electrons. The number of carbonyl (C=O) groups is 1. The quantitative estimate of drug-likeness (QED) is 0.375. The zero-order valence-electron chi connectivity index (χ0n) is 13.0. The molecule has 1 aromatic rings. The van der Waals surface area contributed by atoms with E-state index < -0.39 is 0 Å². The maximum Gasteiger partial charge on any atom is 0.239 e. The Balaban J connectivity index is 2.22. The number of rotatable bonds is 8. The van der Waals surface area contributed by atoms with E-state index in [1.54, 1.807) is 14.2 Å². The van der Waals surface area contributed by atoms with Crippen LogP contribution >= 0.6 is 11.6 Å². The largest absolute Gasteiger partial charge is 0.383 e. The van der Waals surface area contributed by atoms with Crippen LogP contribution in [0.1, 0.15) is 5.56 Å². The van der Waals surface area contributed by atoms with Gasteiger partial charge in [0.15, 0.2) is 5.96 Å². The van der Waals surface area contributed by atoms with Gasteiger partial charge in [0.05, 0.1) is 13.2 Å². The summed E-state index contributed by atoms with van der Waals surface area (Å²) in [6.07, 6.45) is 0.845. The first kappa shape index (κ1) is 18.3. The zero-order chi connectivity index (χ0) is 16.2. The number of nitrogens with one attached hydrogen (secondary N) is 3. The number of amides is 1. The molecular weight excluding hydrogens is 304 g/mol. The van der Waals surface area contributed by atoms with Crippen LogP contribution in [0.2, 0.25) is 5.02 Å². The summed E-state index contributed by atoms with van der Waals surface area (Å²) in [5.41, 5.74) is 1.18. The van der Waals surface area contributed by atoms with Gasteiger partial charge in [-0.1, -0.05) is 23.7 Å². The third-order valence-corrected chi connectivity index (χ3v) is 3.14. The van der Waals surface area contributed by atoms with Crippen molar-refractivity contribution in [3.63, 3.8) is 0 Å². The third-order valence-electron chi connectivity index (χ3n) is 2.89. The topological polar surface area (TPSA) is 74.8 Å². The van der Waals surface area contributed by atoms with Gasteiger partial charge in [-0.15, -0.1) is 0 Å². The lowest BCUT2D eigenvalue weighted by Gasteiger charge is -2.12. The summed E-state index contributed by atoms with van der Waals surface area (Å²) in [7, 11) is 3.26. The van der Waals surface area contributed by atoms with Gasteiger partial charge in [0.25, 0.3) is 0 Å². The van der Waals surface area contributed by atoms with E-state index in [-0.39, 0.29) is 12.5 Å². The Bertz CT molecular complexity index is 477. The number of hydrogen-bond donors (Lipinski definition) is 3. The fourth-order valence-electron chi connectivity index (χ4n) is 1.72. The molecule has 0 saturated heterocycles. The SMILES string of the molecule is CN=C(NCCc1ccc(Cl)cc1)NCC(=O)NCCOC. The van der Waals surface area contributed by atoms with Gasteiger partial charge >= 0.3 is 0 Å². The van der Waals surface area contributed by atoms with E-state index in [0.29, 0.717) is 25.7 Å². The first-order chi connectivity index (χ1) is 10.7. The van der Waals surface area contributed by atoms with E-state index in [2.05, 4.69) is 20.9 Å². The molecule has 7 heteroatoms. The summed E-state index contributed by atoms with van der Waals surface area (Å²) in [5.74, 6) is 0.494. The first-order valence-corrected chi connectivity index (χ1v) is 7.48. The van der Waals surface area contributed by atoms with Crippen molar-refractivity contribution in [2.45, 2.75) is 6.42 Å². The van der Waals surface area contributed by atoms with Gasteiger partial charge in [-0.25, -0.2) is 0 Å². The number of guanidine groups is 1. The van der Waals surface area contributed by atoms with E-state index >= 15 is 0 Å². The average Bonchev–Trinajstić information content (AvgIpc) is 2.52. The molecule has 0 spiro atoms. The number of methoxy groups -OCH3 is 1. The number of benzene rings is 1. The van der Waals surface area contributed by atoms with Gasteiger partial charge in [-0.3, -0.25) is 9.79 Å². The summed E-state index contributed by atoms with van der Waals surface area (Å²) < 4.78 is 4.86. The molecule has 122 valence electrons. The summed E-state index contributed by atoms with van der Waals surface area (Å²) in [5, 5.41) is 9.57. The summed E-state index contributed by atoms with van der Waals surface area (Å²) in [6.45, 7) is 1.89. The summed E-state index contributed by atoms with van der Waals surface area (Å²) in [4.78, 5) is 15.6. The first-order valence-electron chi connectivity index (χ1n) is 7.10. The molecule has 0 fully saturated rings. The molecule has 6 nitrogen and oxygen atoms in total. The minimum Gasteiger partial charge on any atom is -0.383 e. The van der Waals surface area contributed by atoms with E-state index in [0.717, 1.165) is 11.4 Å². The molecule has 0 atom stereocenters. The molecule has 0 aromatic heterocycles. The van der Waals surface area contributed by atoms with Gasteiger partial charge < -0.3 is 20.7 Å². The molecule has 1 amide bonds. The second-order valence-electron chi connectivity index (χ2n) is 4.57. The molecule has 0 bridgehead atoms. The predicted molar refractivity (Wildman–Crippen MR) is 89.4 cm³/mol. The highest BCUT2D eigenvalue weighted by atomic mass is 35.5. The normalized spacial score (nSPS) is 11.1. The van der Waals surface area contributed by atoms with Crippen molar-refractivity contribution in [3.05, 3.63) is 34.9 Å². The Kier molecular flexibility index (Phi) is 9.02. The number of halogens is 1. The lowest BCUT2D eigenvalue weighted by Crippen LogP contribution is -2.44. The highest BCUT2D eigenvalue weighted by Crippen LogP contribution is 2.09. The Morgan fingerprint density at radius 3 is 2.55 bits per heavy atom. The molecule has 1 aromatic carbocycles. The summed E-state index contributed by atoms with van der Waals surface area (Å²) >= 11 is 5.84. The van der Waals surface area contributed by atoms with Crippen molar-refractivity contribution >= 4 is 23.5 Å². The highest BCUT2D eigenvalue weighted by Gasteiger charge is 2.03. The number of nitrogens with zero attached hydrogens (tertiary/aromatic N) is 1. The Hall–Kier alpha value is -1.79. The molecule has 3 N–H and O–H groups in total. The van der Waals surface area contributed by atoms with Crippen molar-refractivity contribution in [3.8, 4) is 0 Å². The van der Waals surface area contributed by atoms with Gasteiger partial charge in [0.2, 0.25) is 5.91 Å². The van der Waals surface area contributed by atoms with Crippen LogP contribution in [-0.2, 0) is 16.0 Å². The molecule has 1 rings (SSSR count). The smallest absolute Gasteiger partial charge is 0.239 e. The van der Waals surface area contributed by atoms with Crippen LogP contribution in [0.3, 0.4) is 0 Å². The molecular formula is C15H23ClN4O2. The van der Waals surface area contributed by atoms with Crippen LogP contribution in [0.4, 0.5) is 0 Å². The Morgan fingerprint density at radius 2 is 1.91 bits per heavy atom. The van der Waals surface area contributed by atoms with Crippen molar-refractivity contribution < 1.29 is 9.53 Å². The van der Waals surface area contributed by atoms with Crippen molar-refractivity contribution in [2.24, 2.45) is 4.99 Å². The molecule has 0 saturated carbocycles. The fraction of sp³-hybridized carbons (Fsp3) is 0.467. The fourth-order valence-corrected chi connectivity index (χ4v) is 1.84. The molecule has 0 aliphatic heterocycles. The Morgan fingerprint density at radius 1 is 1.18 bits per heavy atom. The molecule has 0 heterocycles. The van der Waals surface area contributed by atoms with E-state index in [1.165, 1.54) is 5.56 Å². The predicted octanol–water partition coefficient (Wildman–Crippen LogP) is 0.810. The van der Waals surface area contributed by atoms with Crippen molar-refractivity contribution in [1.29, 1.82) is 0 Å². The van der Waals surface area contributed by atoms with Gasteiger partial charge in [0.1, 0.15) is 0 Å². The second-order valence-corrected chi connectivity index (χ2v) is 5.01. The van der Waals surface area contributed by atoms with Crippen LogP contribution in [0.25, 0.3) is 0 Å². The maximum absolute atomic E-state index is 11.5. The lowest BCUT2D eigenvalue weighted by molar-refractivity contribution is -0.120. The van der Waals surface area contributed by atoms with Crippen LogP contribution in [0, 0.1) is 0 Å². The van der Waals surface area contributed by atoms with Gasteiger partial charge in [0, 0.05) is 32.3 Å². The van der Waals surface area contributed by atoms with Crippen LogP contribution in [0.5, 0.6) is 0 Å². The molecule has 0 aliphatic carbocycles. The highest BCUT2D eigenvalue weighted by molar-refractivity contribution is 6.30. The van der Waals surface area contributed by atoms with E-state index in [4.69, 9.17) is 16.3 Å². The van der Waals surface area contributed by atoms with Crippen molar-refractivity contribution in [1.82, 2.24) is 16.0 Å². The van der Waals surface area contributed by atoms with E-state index in [1.807, 2.05) is 24.3 Å². The lowest BCUT2D eigenvalue weighted by atomic mass is 10.1. The van der Waals surface area contributed by atoms with Crippen LogP contribution < -0.4 is 16.0 Å². The standard InChI is InChI=1S/C15H23ClN4O2/c1-17-15(20-11-14(21)18-9-10-22-2)19-8-7-12-3-5-13(16)6-4-12/h3-6H,7-11H2,1-2H3,(H,18,21)(H2,17,19,20). The van der Waals surface area contributed by atoms with Crippen LogP contribution in [-0.4, -0.2) is 52.3 Å². The third kappa shape index (κ3) is 7.85. The zero-order valence-corrected chi connectivity index (χ0v) is 13.7. The minimum absolute atomic E-state index is 0.0994.